The Morgan fingerprint density at radius 1 is 1.25 bits per heavy atom. The molecule has 0 aromatic carbocycles. The summed E-state index contributed by atoms with van der Waals surface area (Å²) in [7, 11) is 1.82. The number of hydrogen-bond donors (Lipinski definition) is 1. The van der Waals surface area contributed by atoms with Crippen LogP contribution in [0.15, 0.2) is 35.6 Å². The fourth-order valence-corrected chi connectivity index (χ4v) is 5.65. The molecule has 3 saturated heterocycles. The van der Waals surface area contributed by atoms with Crippen LogP contribution in [0.3, 0.4) is 0 Å². The van der Waals surface area contributed by atoms with Gasteiger partial charge in [0.1, 0.15) is 0 Å². The van der Waals surface area contributed by atoms with Crippen molar-refractivity contribution in [3.05, 3.63) is 36.2 Å². The highest BCUT2D eigenvalue weighted by Gasteiger charge is 2.39. The van der Waals surface area contributed by atoms with Gasteiger partial charge in [0.2, 0.25) is 0 Å². The van der Waals surface area contributed by atoms with E-state index in [9.17, 15) is 4.79 Å². The second-order valence-electron chi connectivity index (χ2n) is 10.1. The highest BCUT2D eigenvalue weighted by Crippen LogP contribution is 2.35. The number of methoxy groups -OCH3 is 1. The van der Waals surface area contributed by atoms with Gasteiger partial charge in [0, 0.05) is 69.9 Å². The molecule has 36 heavy (non-hydrogen) atoms. The molecule has 0 saturated carbocycles. The number of ether oxygens (including phenoxy) is 3. The maximum atomic E-state index is 12.4. The third-order valence-electron chi connectivity index (χ3n) is 7.95. The van der Waals surface area contributed by atoms with Gasteiger partial charge in [-0.15, -0.1) is 0 Å². The van der Waals surface area contributed by atoms with Crippen LogP contribution in [0.1, 0.15) is 24.8 Å². The topological polar surface area (TPSA) is 92.9 Å². The minimum absolute atomic E-state index is 0.0964. The summed E-state index contributed by atoms with van der Waals surface area (Å²) < 4.78 is 18.5. The summed E-state index contributed by atoms with van der Waals surface area (Å²) in [6.07, 6.45) is 10.9. The summed E-state index contributed by atoms with van der Waals surface area (Å²) in [5.74, 6) is 0.268. The molecule has 10 nitrogen and oxygen atoms in total. The normalized spacial score (nSPS) is 27.1. The molecule has 3 fully saturated rings. The summed E-state index contributed by atoms with van der Waals surface area (Å²) in [4.78, 5) is 21.3. The second-order valence-corrected chi connectivity index (χ2v) is 10.1. The lowest BCUT2D eigenvalue weighted by Crippen LogP contribution is -2.53. The van der Waals surface area contributed by atoms with Crippen LogP contribution in [0.4, 0.5) is 10.5 Å². The molecule has 1 amide bonds. The predicted molar refractivity (Wildman–Crippen MR) is 136 cm³/mol. The van der Waals surface area contributed by atoms with Crippen molar-refractivity contribution in [2.45, 2.75) is 31.0 Å². The first-order valence-corrected chi connectivity index (χ1v) is 12.9. The van der Waals surface area contributed by atoms with E-state index >= 15 is 0 Å². The zero-order chi connectivity index (χ0) is 24.5. The molecule has 4 aliphatic heterocycles. The van der Waals surface area contributed by atoms with E-state index in [1.54, 1.807) is 4.90 Å². The number of nitrogens with zero attached hydrogens (tertiary/aromatic N) is 5. The van der Waals surface area contributed by atoms with Crippen molar-refractivity contribution in [2.24, 2.45) is 10.9 Å². The first-order chi connectivity index (χ1) is 17.6. The van der Waals surface area contributed by atoms with Gasteiger partial charge in [0.15, 0.2) is 6.10 Å². The number of hydrogen-bond acceptors (Lipinski definition) is 8. The Bertz CT molecular complexity index is 1160. The fourth-order valence-electron chi connectivity index (χ4n) is 5.65. The molecule has 0 bridgehead atoms. The number of amides is 1. The second kappa shape index (κ2) is 9.84. The van der Waals surface area contributed by atoms with Gasteiger partial charge in [-0.05, 0) is 37.9 Å². The van der Waals surface area contributed by atoms with E-state index in [0.717, 1.165) is 67.9 Å². The molecule has 0 aliphatic carbocycles. The lowest BCUT2D eigenvalue weighted by atomic mass is 9.79. The molecule has 6 rings (SSSR count). The number of nitrogens with one attached hydrogen (secondary N) is 1. The molecule has 0 radical (unpaired) electrons. The van der Waals surface area contributed by atoms with E-state index < -0.39 is 0 Å². The molecule has 0 spiro atoms. The van der Waals surface area contributed by atoms with Crippen molar-refractivity contribution in [3.8, 4) is 0 Å². The summed E-state index contributed by atoms with van der Waals surface area (Å²) in [5, 5.41) is 8.03. The van der Waals surface area contributed by atoms with E-state index in [4.69, 9.17) is 19.2 Å². The average molecular weight is 495 g/mol. The Kier molecular flexibility index (Phi) is 6.41. The van der Waals surface area contributed by atoms with Crippen LogP contribution in [-0.2, 0) is 14.2 Å². The zero-order valence-corrected chi connectivity index (χ0v) is 20.8. The standard InChI is InChI=1S/C26H34N6O4/c1-34-26(6-2-7-27-18-26)20-3-4-22(28-14-20)19-13-24-23(5-8-29-32(24)15-19)30-9-11-31(12-10-30)25(33)36-21-16-35-17-21/h4-5,8,13-15,20-21,27H,2-3,6-7,9-12,16-18H2,1H3/t20?,26-/m1/s1. The monoisotopic (exact) mass is 494 g/mol. The smallest absolute Gasteiger partial charge is 0.410 e. The van der Waals surface area contributed by atoms with Crippen LogP contribution in [0.2, 0.25) is 0 Å². The number of aliphatic imine (C=N–C) groups is 1. The number of carbonyl (C=O) groups is 1. The minimum Gasteiger partial charge on any atom is -0.441 e. The number of aromatic nitrogens is 2. The maximum Gasteiger partial charge on any atom is 0.410 e. The van der Waals surface area contributed by atoms with Crippen LogP contribution in [0.25, 0.3) is 11.2 Å². The molecule has 2 aromatic heterocycles. The predicted octanol–water partition coefficient (Wildman–Crippen LogP) is 2.19. The Hall–Kier alpha value is -2.95. The average Bonchev–Trinajstić information content (AvgIpc) is 3.36. The zero-order valence-electron chi connectivity index (χ0n) is 20.8. The number of rotatable bonds is 5. The molecule has 6 heterocycles. The lowest BCUT2D eigenvalue weighted by molar-refractivity contribution is -0.104. The first-order valence-electron chi connectivity index (χ1n) is 12.9. The molecule has 2 atom stereocenters. The molecule has 192 valence electrons. The van der Waals surface area contributed by atoms with Gasteiger partial charge in [0.05, 0.1) is 35.7 Å². The van der Waals surface area contributed by atoms with Gasteiger partial charge in [-0.1, -0.05) is 6.08 Å². The molecule has 4 aliphatic rings. The molecule has 10 heteroatoms. The summed E-state index contributed by atoms with van der Waals surface area (Å²) in [6, 6.07) is 4.21. The van der Waals surface area contributed by atoms with Crippen molar-refractivity contribution in [1.29, 1.82) is 0 Å². The molecular weight excluding hydrogens is 460 g/mol. The maximum absolute atomic E-state index is 12.4. The fraction of sp³-hybridized carbons (Fsp3) is 0.577. The van der Waals surface area contributed by atoms with Gasteiger partial charge in [-0.3, -0.25) is 4.99 Å². The summed E-state index contributed by atoms with van der Waals surface area (Å²) in [6.45, 7) is 5.66. The van der Waals surface area contributed by atoms with Crippen LogP contribution in [-0.4, -0.2) is 98.1 Å². The van der Waals surface area contributed by atoms with Crippen LogP contribution in [0.5, 0.6) is 0 Å². The number of piperazine rings is 1. The summed E-state index contributed by atoms with van der Waals surface area (Å²) >= 11 is 0. The van der Waals surface area contributed by atoms with Gasteiger partial charge in [0.25, 0.3) is 0 Å². The third-order valence-corrected chi connectivity index (χ3v) is 7.95. The van der Waals surface area contributed by atoms with Crippen LogP contribution < -0.4 is 10.2 Å². The van der Waals surface area contributed by atoms with E-state index in [0.29, 0.717) is 26.3 Å². The number of piperidine rings is 1. The Morgan fingerprint density at radius 2 is 2.11 bits per heavy atom. The number of carbonyl (C=O) groups excluding carboxylic acids is 1. The van der Waals surface area contributed by atoms with Crippen LogP contribution in [0, 0.1) is 5.92 Å². The van der Waals surface area contributed by atoms with Gasteiger partial charge in [-0.25, -0.2) is 9.31 Å². The van der Waals surface area contributed by atoms with Crippen molar-refractivity contribution >= 4 is 29.2 Å². The molecule has 1 unspecified atom stereocenters. The van der Waals surface area contributed by atoms with Crippen LogP contribution >= 0.6 is 0 Å². The number of anilines is 1. The minimum atomic E-state index is -0.243. The SMILES string of the molecule is CO[C@]1(C2C=NC(c3cc4c(N5CCN(C(=O)OC6COC6)CC5)ccnn4c3)=CC2)CCCNC1. The molecule has 2 aromatic rings. The quantitative estimate of drug-likeness (QED) is 0.681. The van der Waals surface area contributed by atoms with Crippen molar-refractivity contribution in [1.82, 2.24) is 19.8 Å². The van der Waals surface area contributed by atoms with E-state index in [-0.39, 0.29) is 23.7 Å². The van der Waals surface area contributed by atoms with E-state index in [1.807, 2.05) is 30.1 Å². The van der Waals surface area contributed by atoms with Gasteiger partial charge >= 0.3 is 6.09 Å². The highest BCUT2D eigenvalue weighted by atomic mass is 16.6. The van der Waals surface area contributed by atoms with Crippen molar-refractivity contribution < 1.29 is 19.0 Å². The van der Waals surface area contributed by atoms with Gasteiger partial charge in [-0.2, -0.15) is 5.10 Å². The Morgan fingerprint density at radius 3 is 2.78 bits per heavy atom. The van der Waals surface area contributed by atoms with E-state index in [1.165, 1.54) is 0 Å². The largest absolute Gasteiger partial charge is 0.441 e. The third kappa shape index (κ3) is 4.38. The number of allylic oxidation sites excluding steroid dienone is 1. The molecular formula is C26H34N6O4. The Balaban J connectivity index is 1.14. The van der Waals surface area contributed by atoms with E-state index in [2.05, 4.69) is 33.7 Å². The number of fused-ring (bicyclic) bond motifs is 1. The summed E-state index contributed by atoms with van der Waals surface area (Å²) in [5.41, 5.74) is 4.01. The highest BCUT2D eigenvalue weighted by molar-refractivity contribution is 5.83. The van der Waals surface area contributed by atoms with Crippen molar-refractivity contribution in [2.75, 3.05) is 64.5 Å². The first kappa shape index (κ1) is 23.4. The Labute approximate surface area is 210 Å². The van der Waals surface area contributed by atoms with Gasteiger partial charge < -0.3 is 29.3 Å². The molecule has 1 N–H and O–H groups in total. The van der Waals surface area contributed by atoms with Crippen molar-refractivity contribution in [3.63, 3.8) is 0 Å². The lowest BCUT2D eigenvalue weighted by Gasteiger charge is -2.41.